The molecule has 2 heterocycles. The summed E-state index contributed by atoms with van der Waals surface area (Å²) in [5.41, 5.74) is 0. The number of halogens is 3. The van der Waals surface area contributed by atoms with Gasteiger partial charge in [-0.05, 0) is 59.1 Å². The molecule has 6 heteroatoms. The normalized spacial score (nSPS) is 17.8. The van der Waals surface area contributed by atoms with Crippen LogP contribution in [0.1, 0.15) is 12.8 Å². The first-order valence-electron chi connectivity index (χ1n) is 7.09. The minimum atomic E-state index is 0.327. The molecule has 1 fully saturated rings. The van der Waals surface area contributed by atoms with Crippen LogP contribution in [-0.2, 0) is 0 Å². The van der Waals surface area contributed by atoms with E-state index in [9.17, 15) is 0 Å². The van der Waals surface area contributed by atoms with Gasteiger partial charge in [0.05, 0.1) is 15.5 Å². The van der Waals surface area contributed by atoms with Crippen molar-refractivity contribution < 1.29 is 4.74 Å². The van der Waals surface area contributed by atoms with Crippen LogP contribution < -0.4 is 9.64 Å². The van der Waals surface area contributed by atoms with E-state index in [1.54, 1.807) is 6.20 Å². The molecule has 2 aromatic rings. The van der Waals surface area contributed by atoms with Gasteiger partial charge in [-0.3, -0.25) is 0 Å². The predicted octanol–water partition coefficient (Wildman–Crippen LogP) is 5.31. The molecule has 22 heavy (non-hydrogen) atoms. The Morgan fingerprint density at radius 2 is 2.05 bits per heavy atom. The van der Waals surface area contributed by atoms with Crippen LogP contribution in [0.5, 0.6) is 5.75 Å². The Balaban J connectivity index is 1.69. The summed E-state index contributed by atoms with van der Waals surface area (Å²) in [6.07, 6.45) is 3.94. The van der Waals surface area contributed by atoms with Gasteiger partial charge in [0.15, 0.2) is 0 Å². The highest BCUT2D eigenvalue weighted by atomic mass is 79.9. The van der Waals surface area contributed by atoms with Gasteiger partial charge in [-0.2, -0.15) is 0 Å². The Labute approximate surface area is 151 Å². The van der Waals surface area contributed by atoms with Gasteiger partial charge < -0.3 is 9.64 Å². The summed E-state index contributed by atoms with van der Waals surface area (Å²) in [4.78, 5) is 6.75. The predicted molar refractivity (Wildman–Crippen MR) is 97.0 cm³/mol. The van der Waals surface area contributed by atoms with Crippen molar-refractivity contribution in [3.8, 4) is 5.75 Å². The van der Waals surface area contributed by atoms with Crippen molar-refractivity contribution in [3.63, 3.8) is 0 Å². The summed E-state index contributed by atoms with van der Waals surface area (Å²) < 4.78 is 7.91. The van der Waals surface area contributed by atoms with Crippen LogP contribution in [0.2, 0.25) is 5.02 Å². The van der Waals surface area contributed by atoms with E-state index in [0.717, 1.165) is 39.9 Å². The zero-order valence-corrected chi connectivity index (χ0v) is 15.7. The number of benzene rings is 1. The molecule has 0 N–H and O–H groups in total. The van der Waals surface area contributed by atoms with Crippen LogP contribution in [-0.4, -0.2) is 24.2 Å². The molecule has 0 saturated carbocycles. The van der Waals surface area contributed by atoms with Crippen molar-refractivity contribution in [2.45, 2.75) is 18.9 Å². The smallest absolute Gasteiger partial charge is 0.143 e. The number of nitrogens with zero attached hydrogens (tertiary/aromatic N) is 2. The lowest BCUT2D eigenvalue weighted by Crippen LogP contribution is -2.35. The van der Waals surface area contributed by atoms with Crippen LogP contribution in [0.25, 0.3) is 0 Å². The van der Waals surface area contributed by atoms with Crippen molar-refractivity contribution in [1.82, 2.24) is 4.98 Å². The molecule has 1 aromatic heterocycles. The second kappa shape index (κ2) is 7.20. The highest BCUT2D eigenvalue weighted by Crippen LogP contribution is 2.32. The van der Waals surface area contributed by atoms with E-state index in [4.69, 9.17) is 16.3 Å². The van der Waals surface area contributed by atoms with Crippen LogP contribution in [0.4, 0.5) is 5.82 Å². The highest BCUT2D eigenvalue weighted by Gasteiger charge is 2.27. The molecule has 0 unspecified atom stereocenters. The molecule has 3 nitrogen and oxygen atoms in total. The van der Waals surface area contributed by atoms with Gasteiger partial charge in [-0.1, -0.05) is 27.5 Å². The molecule has 1 aromatic carbocycles. The van der Waals surface area contributed by atoms with Gasteiger partial charge in [-0.25, -0.2) is 4.98 Å². The minimum Gasteiger partial charge on any atom is -0.491 e. The van der Waals surface area contributed by atoms with Crippen molar-refractivity contribution >= 4 is 49.3 Å². The third-order valence-corrected chi connectivity index (χ3v) is 5.01. The summed E-state index contributed by atoms with van der Waals surface area (Å²) >= 11 is 13.0. The summed E-state index contributed by atoms with van der Waals surface area (Å²) in [5.74, 6) is 1.82. The van der Waals surface area contributed by atoms with E-state index in [-0.39, 0.29) is 0 Å². The van der Waals surface area contributed by atoms with Gasteiger partial charge in [-0.15, -0.1) is 0 Å². The number of ether oxygens (including phenoxy) is 1. The molecule has 3 rings (SSSR count). The quantitative estimate of drug-likeness (QED) is 0.637. The fourth-order valence-electron chi connectivity index (χ4n) is 2.63. The van der Waals surface area contributed by atoms with Crippen molar-refractivity contribution in [1.29, 1.82) is 0 Å². The van der Waals surface area contributed by atoms with E-state index in [1.165, 1.54) is 0 Å². The zero-order valence-electron chi connectivity index (χ0n) is 11.8. The summed E-state index contributed by atoms with van der Waals surface area (Å²) in [7, 11) is 0. The molecule has 1 saturated heterocycles. The molecular weight excluding hydrogens is 431 g/mol. The second-order valence-corrected chi connectivity index (χ2v) is 7.42. The van der Waals surface area contributed by atoms with Crippen molar-refractivity contribution in [2.75, 3.05) is 18.1 Å². The maximum atomic E-state index is 5.97. The lowest BCUT2D eigenvalue weighted by Gasteiger charge is -2.26. The number of rotatable bonds is 4. The number of anilines is 1. The number of hydrogen-bond acceptors (Lipinski definition) is 3. The number of hydrogen-bond donors (Lipinski definition) is 0. The Kier molecular flexibility index (Phi) is 5.26. The van der Waals surface area contributed by atoms with Gasteiger partial charge in [0.25, 0.3) is 0 Å². The molecular formula is C16H15Br2ClN2O. The molecule has 1 aliphatic heterocycles. The van der Waals surface area contributed by atoms with E-state index >= 15 is 0 Å². The second-order valence-electron chi connectivity index (χ2n) is 5.21. The Morgan fingerprint density at radius 1 is 1.27 bits per heavy atom. The van der Waals surface area contributed by atoms with Crippen molar-refractivity contribution in [2.24, 2.45) is 0 Å². The Hall–Kier alpha value is -0.780. The van der Waals surface area contributed by atoms with E-state index < -0.39 is 0 Å². The fraction of sp³-hybridized carbons (Fsp3) is 0.312. The topological polar surface area (TPSA) is 25.4 Å². The molecule has 1 aliphatic rings. The van der Waals surface area contributed by atoms with Crippen LogP contribution in [0, 0.1) is 0 Å². The minimum absolute atomic E-state index is 0.327. The number of pyridine rings is 1. The maximum absolute atomic E-state index is 5.97. The molecule has 1 atom stereocenters. The van der Waals surface area contributed by atoms with Gasteiger partial charge in [0.2, 0.25) is 0 Å². The molecule has 0 spiro atoms. The standard InChI is InChI=1S/C16H15Br2ClN2O/c17-11-3-5-14(6-4-11)22-10-13-2-1-7-21(13)16-15(18)8-12(19)9-20-16/h3-6,8-9,13H,1-2,7,10H2/t13-/m0/s1. The molecule has 0 amide bonds. The van der Waals surface area contributed by atoms with Crippen LogP contribution >= 0.6 is 43.5 Å². The highest BCUT2D eigenvalue weighted by molar-refractivity contribution is 9.10. The Morgan fingerprint density at radius 3 is 2.77 bits per heavy atom. The average Bonchev–Trinajstić information content (AvgIpc) is 2.95. The van der Waals surface area contributed by atoms with Crippen molar-refractivity contribution in [3.05, 3.63) is 50.5 Å². The molecule has 0 aliphatic carbocycles. The van der Waals surface area contributed by atoms with E-state index in [0.29, 0.717) is 17.7 Å². The van der Waals surface area contributed by atoms with Crippen LogP contribution in [0.15, 0.2) is 45.5 Å². The molecule has 0 radical (unpaired) electrons. The molecule has 0 bridgehead atoms. The summed E-state index contributed by atoms with van der Waals surface area (Å²) in [6, 6.07) is 10.1. The average molecular weight is 447 g/mol. The van der Waals surface area contributed by atoms with Crippen LogP contribution in [0.3, 0.4) is 0 Å². The fourth-order valence-corrected chi connectivity index (χ4v) is 3.76. The third-order valence-electron chi connectivity index (χ3n) is 3.69. The van der Waals surface area contributed by atoms with Gasteiger partial charge >= 0.3 is 0 Å². The number of aromatic nitrogens is 1. The third kappa shape index (κ3) is 3.76. The molecule has 116 valence electrons. The van der Waals surface area contributed by atoms with Gasteiger partial charge in [0, 0.05) is 17.2 Å². The summed E-state index contributed by atoms with van der Waals surface area (Å²) in [5, 5.41) is 0.637. The van der Waals surface area contributed by atoms with E-state index in [2.05, 4.69) is 41.7 Å². The monoisotopic (exact) mass is 444 g/mol. The largest absolute Gasteiger partial charge is 0.491 e. The zero-order chi connectivity index (χ0) is 15.5. The summed E-state index contributed by atoms with van der Waals surface area (Å²) in [6.45, 7) is 1.64. The lowest BCUT2D eigenvalue weighted by molar-refractivity contribution is 0.288. The maximum Gasteiger partial charge on any atom is 0.143 e. The SMILES string of the molecule is Clc1cnc(N2CCC[C@H]2COc2ccc(Br)cc2)c(Br)c1. The first-order chi connectivity index (χ1) is 10.6. The first-order valence-corrected chi connectivity index (χ1v) is 9.06. The van der Waals surface area contributed by atoms with Gasteiger partial charge in [0.1, 0.15) is 18.2 Å². The Bertz CT molecular complexity index is 651. The first kappa shape index (κ1) is 16.1. The van der Waals surface area contributed by atoms with E-state index in [1.807, 2.05) is 30.3 Å². The lowest BCUT2D eigenvalue weighted by atomic mass is 10.2.